The van der Waals surface area contributed by atoms with E-state index in [2.05, 4.69) is 10.3 Å². The largest absolute Gasteiger partial charge is 0.364 e. The number of amides is 2. The Kier molecular flexibility index (Phi) is 3.99. The van der Waals surface area contributed by atoms with Crippen molar-refractivity contribution in [1.29, 1.82) is 0 Å². The zero-order valence-corrected chi connectivity index (χ0v) is 9.36. The lowest BCUT2D eigenvalue weighted by atomic mass is 10.1. The number of rotatable bonds is 4. The van der Waals surface area contributed by atoms with Crippen molar-refractivity contribution in [3.05, 3.63) is 29.6 Å². The maximum atomic E-state index is 11.8. The van der Waals surface area contributed by atoms with Gasteiger partial charge in [-0.3, -0.25) is 14.6 Å². The van der Waals surface area contributed by atoms with E-state index in [-0.39, 0.29) is 23.2 Å². The lowest BCUT2D eigenvalue weighted by Crippen LogP contribution is -2.33. The molecule has 1 aromatic rings. The molecule has 0 bridgehead atoms. The van der Waals surface area contributed by atoms with Crippen molar-refractivity contribution in [2.45, 2.75) is 26.3 Å². The molecule has 0 radical (unpaired) electrons. The SMILES string of the molecule is CCC(C)NC(=O)c1cccnc1C(N)=O. The number of aromatic nitrogens is 1. The van der Waals surface area contributed by atoms with E-state index in [4.69, 9.17) is 5.73 Å². The smallest absolute Gasteiger partial charge is 0.268 e. The standard InChI is InChI=1S/C11H15N3O2/c1-3-7(2)14-11(16)8-5-4-6-13-9(8)10(12)15/h4-7H,3H2,1-2H3,(H2,12,15)(H,14,16). The quantitative estimate of drug-likeness (QED) is 0.785. The van der Waals surface area contributed by atoms with Gasteiger partial charge in [0, 0.05) is 12.2 Å². The summed E-state index contributed by atoms with van der Waals surface area (Å²) in [5.74, 6) is -1.02. The van der Waals surface area contributed by atoms with E-state index in [0.29, 0.717) is 0 Å². The molecule has 0 fully saturated rings. The third kappa shape index (κ3) is 2.79. The number of nitrogens with two attached hydrogens (primary N) is 1. The van der Waals surface area contributed by atoms with Crippen molar-refractivity contribution in [2.75, 3.05) is 0 Å². The first-order valence-corrected chi connectivity index (χ1v) is 5.12. The Balaban J connectivity index is 2.95. The fourth-order valence-corrected chi connectivity index (χ4v) is 1.19. The summed E-state index contributed by atoms with van der Waals surface area (Å²) in [7, 11) is 0. The number of carbonyl (C=O) groups is 2. The lowest BCUT2D eigenvalue weighted by Gasteiger charge is -2.12. The normalized spacial score (nSPS) is 11.9. The van der Waals surface area contributed by atoms with Crippen molar-refractivity contribution in [3.8, 4) is 0 Å². The minimum absolute atomic E-state index is 0.00306. The summed E-state index contributed by atoms with van der Waals surface area (Å²) < 4.78 is 0. The Bertz CT molecular complexity index is 404. The van der Waals surface area contributed by atoms with Gasteiger partial charge in [0.25, 0.3) is 11.8 Å². The highest BCUT2D eigenvalue weighted by atomic mass is 16.2. The highest BCUT2D eigenvalue weighted by Crippen LogP contribution is 2.05. The Morgan fingerprint density at radius 3 is 2.81 bits per heavy atom. The van der Waals surface area contributed by atoms with Crippen LogP contribution in [-0.2, 0) is 0 Å². The van der Waals surface area contributed by atoms with E-state index in [1.807, 2.05) is 13.8 Å². The summed E-state index contributed by atoms with van der Waals surface area (Å²) >= 11 is 0. The van der Waals surface area contributed by atoms with Crippen LogP contribution in [0.15, 0.2) is 18.3 Å². The molecule has 1 aromatic heterocycles. The van der Waals surface area contributed by atoms with Crippen molar-refractivity contribution in [3.63, 3.8) is 0 Å². The number of hydrogen-bond acceptors (Lipinski definition) is 3. The summed E-state index contributed by atoms with van der Waals surface area (Å²) in [6.45, 7) is 3.85. The molecule has 0 saturated heterocycles. The van der Waals surface area contributed by atoms with Crippen LogP contribution in [0.5, 0.6) is 0 Å². The predicted molar refractivity (Wildman–Crippen MR) is 60.0 cm³/mol. The molecule has 86 valence electrons. The molecule has 0 aromatic carbocycles. The molecule has 1 atom stereocenters. The van der Waals surface area contributed by atoms with Crippen LogP contribution in [0, 0.1) is 0 Å². The van der Waals surface area contributed by atoms with Gasteiger partial charge in [0.1, 0.15) is 5.69 Å². The van der Waals surface area contributed by atoms with Crippen LogP contribution in [0.25, 0.3) is 0 Å². The molecule has 16 heavy (non-hydrogen) atoms. The first kappa shape index (κ1) is 12.2. The van der Waals surface area contributed by atoms with Gasteiger partial charge in [-0.05, 0) is 25.5 Å². The Morgan fingerprint density at radius 2 is 2.25 bits per heavy atom. The van der Waals surface area contributed by atoms with E-state index < -0.39 is 5.91 Å². The van der Waals surface area contributed by atoms with Gasteiger partial charge in [0.05, 0.1) is 5.56 Å². The third-order valence-electron chi connectivity index (χ3n) is 2.28. The summed E-state index contributed by atoms with van der Waals surface area (Å²) in [6, 6.07) is 3.18. The first-order valence-electron chi connectivity index (χ1n) is 5.12. The van der Waals surface area contributed by atoms with Gasteiger partial charge in [-0.25, -0.2) is 0 Å². The number of nitrogens with zero attached hydrogens (tertiary/aromatic N) is 1. The zero-order valence-electron chi connectivity index (χ0n) is 9.36. The van der Waals surface area contributed by atoms with Crippen molar-refractivity contribution in [2.24, 2.45) is 5.73 Å². The van der Waals surface area contributed by atoms with E-state index in [9.17, 15) is 9.59 Å². The second kappa shape index (κ2) is 5.25. The van der Waals surface area contributed by atoms with E-state index >= 15 is 0 Å². The Labute approximate surface area is 94.1 Å². The molecule has 0 aliphatic rings. The lowest BCUT2D eigenvalue weighted by molar-refractivity contribution is 0.0922. The zero-order chi connectivity index (χ0) is 12.1. The fourth-order valence-electron chi connectivity index (χ4n) is 1.19. The summed E-state index contributed by atoms with van der Waals surface area (Å²) in [5, 5.41) is 2.75. The highest BCUT2D eigenvalue weighted by molar-refractivity contribution is 6.05. The summed E-state index contributed by atoms with van der Waals surface area (Å²) in [5.41, 5.74) is 5.36. The van der Waals surface area contributed by atoms with Crippen molar-refractivity contribution < 1.29 is 9.59 Å². The average molecular weight is 221 g/mol. The molecule has 0 spiro atoms. The molecule has 2 amide bonds. The van der Waals surface area contributed by atoms with Crippen LogP contribution in [0.1, 0.15) is 41.1 Å². The summed E-state index contributed by atoms with van der Waals surface area (Å²) in [6.07, 6.45) is 2.25. The third-order valence-corrected chi connectivity index (χ3v) is 2.28. The molecule has 5 nitrogen and oxygen atoms in total. The van der Waals surface area contributed by atoms with Crippen LogP contribution < -0.4 is 11.1 Å². The number of pyridine rings is 1. The Hall–Kier alpha value is -1.91. The molecule has 3 N–H and O–H groups in total. The molecule has 1 unspecified atom stereocenters. The minimum atomic E-state index is -0.699. The Morgan fingerprint density at radius 1 is 1.56 bits per heavy atom. The van der Waals surface area contributed by atoms with Gasteiger partial charge in [-0.1, -0.05) is 6.92 Å². The van der Waals surface area contributed by atoms with Crippen LogP contribution >= 0.6 is 0 Å². The summed E-state index contributed by atoms with van der Waals surface area (Å²) in [4.78, 5) is 26.6. The molecule has 1 rings (SSSR count). The van der Waals surface area contributed by atoms with E-state index in [0.717, 1.165) is 6.42 Å². The number of nitrogens with one attached hydrogen (secondary N) is 1. The highest BCUT2D eigenvalue weighted by Gasteiger charge is 2.16. The fraction of sp³-hybridized carbons (Fsp3) is 0.364. The average Bonchev–Trinajstić information content (AvgIpc) is 2.28. The van der Waals surface area contributed by atoms with E-state index in [1.165, 1.54) is 12.3 Å². The van der Waals surface area contributed by atoms with Gasteiger partial charge >= 0.3 is 0 Å². The molecule has 0 saturated carbocycles. The molecular formula is C11H15N3O2. The minimum Gasteiger partial charge on any atom is -0.364 e. The predicted octanol–water partition coefficient (Wildman–Crippen LogP) is 0.709. The maximum absolute atomic E-state index is 11.8. The van der Waals surface area contributed by atoms with Gasteiger partial charge in [-0.15, -0.1) is 0 Å². The number of carbonyl (C=O) groups excluding carboxylic acids is 2. The molecule has 5 heteroatoms. The van der Waals surface area contributed by atoms with Gasteiger partial charge < -0.3 is 11.1 Å². The second-order valence-corrected chi connectivity index (χ2v) is 3.55. The molecule has 0 aliphatic heterocycles. The second-order valence-electron chi connectivity index (χ2n) is 3.55. The van der Waals surface area contributed by atoms with Gasteiger partial charge in [0.2, 0.25) is 0 Å². The number of hydrogen-bond donors (Lipinski definition) is 2. The van der Waals surface area contributed by atoms with Crippen LogP contribution in [-0.4, -0.2) is 22.8 Å². The van der Waals surface area contributed by atoms with Crippen LogP contribution in [0.2, 0.25) is 0 Å². The topological polar surface area (TPSA) is 85.1 Å². The van der Waals surface area contributed by atoms with Crippen molar-refractivity contribution >= 4 is 11.8 Å². The monoisotopic (exact) mass is 221 g/mol. The number of primary amides is 1. The molecule has 0 aliphatic carbocycles. The van der Waals surface area contributed by atoms with Crippen LogP contribution in [0.4, 0.5) is 0 Å². The van der Waals surface area contributed by atoms with Gasteiger partial charge in [-0.2, -0.15) is 0 Å². The van der Waals surface area contributed by atoms with E-state index in [1.54, 1.807) is 6.07 Å². The molecular weight excluding hydrogens is 206 g/mol. The first-order chi connectivity index (χ1) is 7.56. The van der Waals surface area contributed by atoms with Crippen molar-refractivity contribution in [1.82, 2.24) is 10.3 Å². The van der Waals surface area contributed by atoms with Crippen LogP contribution in [0.3, 0.4) is 0 Å². The van der Waals surface area contributed by atoms with Gasteiger partial charge in [0.15, 0.2) is 0 Å². The molecule has 1 heterocycles. The maximum Gasteiger partial charge on any atom is 0.268 e.